The largest absolute Gasteiger partial charge is 0.479 e. The molecule has 1 atom stereocenters. The summed E-state index contributed by atoms with van der Waals surface area (Å²) in [7, 11) is 0. The summed E-state index contributed by atoms with van der Waals surface area (Å²) in [5.74, 6) is -2.20. The van der Waals surface area contributed by atoms with Gasteiger partial charge in [-0.3, -0.25) is 4.79 Å². The Hall–Kier alpha value is -1.22. The molecule has 0 bridgehead atoms. The van der Waals surface area contributed by atoms with Crippen LogP contribution in [0.1, 0.15) is 16.8 Å². The third-order valence-corrected chi connectivity index (χ3v) is 3.06. The van der Waals surface area contributed by atoms with Gasteiger partial charge in [-0.2, -0.15) is 0 Å². The van der Waals surface area contributed by atoms with Gasteiger partial charge in [0, 0.05) is 16.5 Å². The van der Waals surface area contributed by atoms with Crippen LogP contribution in [0.25, 0.3) is 0 Å². The number of amides is 1. The lowest BCUT2D eigenvalue weighted by atomic mass is 10.2. The highest BCUT2D eigenvalue weighted by Gasteiger charge is 2.14. The lowest BCUT2D eigenvalue weighted by Crippen LogP contribution is -2.30. The minimum Gasteiger partial charge on any atom is -0.479 e. The number of aliphatic hydroxyl groups is 1. The number of benzene rings is 1. The monoisotopic (exact) mass is 367 g/mol. The highest BCUT2D eigenvalue weighted by molar-refractivity contribution is 14.1. The number of carboxylic acid groups (broad SMARTS) is 1. The second-order valence-corrected chi connectivity index (χ2v) is 4.68. The predicted octanol–water partition coefficient (Wildman–Crippen LogP) is 0.996. The summed E-state index contributed by atoms with van der Waals surface area (Å²) in [5, 5.41) is 19.9. The zero-order chi connectivity index (χ0) is 13.7. The number of carbonyl (C=O) groups is 2. The van der Waals surface area contributed by atoms with Crippen molar-refractivity contribution < 1.29 is 24.2 Å². The van der Waals surface area contributed by atoms with Gasteiger partial charge in [-0.1, -0.05) is 0 Å². The van der Waals surface area contributed by atoms with E-state index >= 15 is 0 Å². The quantitative estimate of drug-likeness (QED) is 0.678. The van der Waals surface area contributed by atoms with E-state index in [-0.39, 0.29) is 13.0 Å². The molecule has 3 N–H and O–H groups in total. The maximum absolute atomic E-state index is 12.8. The number of carboxylic acids is 1. The molecule has 0 saturated heterocycles. The van der Waals surface area contributed by atoms with E-state index in [1.165, 1.54) is 18.2 Å². The Kier molecular flexibility index (Phi) is 5.48. The third kappa shape index (κ3) is 4.22. The second kappa shape index (κ2) is 6.64. The molecule has 0 spiro atoms. The van der Waals surface area contributed by atoms with E-state index in [0.29, 0.717) is 9.13 Å². The fourth-order valence-corrected chi connectivity index (χ4v) is 1.94. The Morgan fingerprint density at radius 1 is 1.44 bits per heavy atom. The molecule has 7 heteroatoms. The fourth-order valence-electron chi connectivity index (χ4n) is 1.21. The number of rotatable bonds is 5. The first kappa shape index (κ1) is 14.8. The van der Waals surface area contributed by atoms with Gasteiger partial charge in [-0.05, 0) is 40.8 Å². The summed E-state index contributed by atoms with van der Waals surface area (Å²) in [6.07, 6.45) is -1.59. The van der Waals surface area contributed by atoms with Gasteiger partial charge in [-0.25, -0.2) is 9.18 Å². The van der Waals surface area contributed by atoms with Crippen molar-refractivity contribution in [2.45, 2.75) is 12.5 Å². The van der Waals surface area contributed by atoms with Crippen LogP contribution < -0.4 is 5.32 Å². The van der Waals surface area contributed by atoms with Crippen LogP contribution in [0.2, 0.25) is 0 Å². The summed E-state index contributed by atoms with van der Waals surface area (Å²) in [5.41, 5.74) is 0.307. The second-order valence-electron chi connectivity index (χ2n) is 3.52. The highest BCUT2D eigenvalue weighted by Crippen LogP contribution is 2.13. The first-order chi connectivity index (χ1) is 8.41. The zero-order valence-electron chi connectivity index (χ0n) is 9.19. The number of halogens is 2. The van der Waals surface area contributed by atoms with Gasteiger partial charge < -0.3 is 15.5 Å². The summed E-state index contributed by atoms with van der Waals surface area (Å²) >= 11 is 1.83. The molecule has 0 aliphatic rings. The van der Waals surface area contributed by atoms with Crippen LogP contribution in [-0.2, 0) is 4.79 Å². The first-order valence-electron chi connectivity index (χ1n) is 5.06. The number of hydrogen-bond acceptors (Lipinski definition) is 3. The van der Waals surface area contributed by atoms with Crippen molar-refractivity contribution in [2.75, 3.05) is 6.54 Å². The Morgan fingerprint density at radius 3 is 2.67 bits per heavy atom. The van der Waals surface area contributed by atoms with Gasteiger partial charge in [0.2, 0.25) is 0 Å². The fraction of sp³-hybridized carbons (Fsp3) is 0.273. The number of aliphatic carboxylic acids is 1. The van der Waals surface area contributed by atoms with Crippen LogP contribution in [0.5, 0.6) is 0 Å². The van der Waals surface area contributed by atoms with Crippen LogP contribution in [0, 0.1) is 9.39 Å². The lowest BCUT2D eigenvalue weighted by molar-refractivity contribution is -0.146. The van der Waals surface area contributed by atoms with Crippen molar-refractivity contribution in [3.63, 3.8) is 0 Å². The maximum atomic E-state index is 12.8. The molecule has 18 heavy (non-hydrogen) atoms. The van der Waals surface area contributed by atoms with E-state index in [1.807, 2.05) is 22.6 Å². The summed E-state index contributed by atoms with van der Waals surface area (Å²) < 4.78 is 13.3. The van der Waals surface area contributed by atoms with Gasteiger partial charge in [0.1, 0.15) is 5.82 Å². The topological polar surface area (TPSA) is 86.6 Å². The molecule has 1 rings (SSSR count). The van der Waals surface area contributed by atoms with Crippen molar-refractivity contribution in [2.24, 2.45) is 0 Å². The van der Waals surface area contributed by atoms with Crippen LogP contribution in [-0.4, -0.2) is 34.7 Å². The molecular weight excluding hydrogens is 356 g/mol. The summed E-state index contributed by atoms with van der Waals surface area (Å²) in [4.78, 5) is 22.0. The molecule has 0 fully saturated rings. The van der Waals surface area contributed by atoms with Crippen molar-refractivity contribution in [3.05, 3.63) is 33.1 Å². The SMILES string of the molecule is O=C(NCCC(O)C(=O)O)c1ccc(F)cc1I. The number of carbonyl (C=O) groups excluding carboxylic acids is 1. The van der Waals surface area contributed by atoms with Gasteiger partial charge in [0.05, 0.1) is 5.56 Å². The third-order valence-electron chi connectivity index (χ3n) is 2.16. The predicted molar refractivity (Wildman–Crippen MR) is 69.7 cm³/mol. The van der Waals surface area contributed by atoms with Crippen molar-refractivity contribution in [1.29, 1.82) is 0 Å². The van der Waals surface area contributed by atoms with Crippen LogP contribution in [0.3, 0.4) is 0 Å². The van der Waals surface area contributed by atoms with Crippen LogP contribution >= 0.6 is 22.6 Å². The molecule has 5 nitrogen and oxygen atoms in total. The lowest BCUT2D eigenvalue weighted by Gasteiger charge is -2.08. The smallest absolute Gasteiger partial charge is 0.332 e. The van der Waals surface area contributed by atoms with Crippen molar-refractivity contribution in [1.82, 2.24) is 5.32 Å². The molecule has 0 saturated carbocycles. The maximum Gasteiger partial charge on any atom is 0.332 e. The summed E-state index contributed by atoms with van der Waals surface area (Å²) in [6, 6.07) is 3.74. The average Bonchev–Trinajstić information content (AvgIpc) is 2.28. The zero-order valence-corrected chi connectivity index (χ0v) is 11.3. The molecule has 0 radical (unpaired) electrons. The number of nitrogens with one attached hydrogen (secondary N) is 1. The van der Waals surface area contributed by atoms with Crippen molar-refractivity contribution >= 4 is 34.5 Å². The Labute approximate surface area is 116 Å². The van der Waals surface area contributed by atoms with E-state index < -0.39 is 23.8 Å². The van der Waals surface area contributed by atoms with E-state index in [9.17, 15) is 14.0 Å². The van der Waals surface area contributed by atoms with E-state index in [1.54, 1.807) is 0 Å². The highest BCUT2D eigenvalue weighted by atomic mass is 127. The molecule has 1 unspecified atom stereocenters. The Balaban J connectivity index is 2.53. The normalized spacial score (nSPS) is 11.9. The first-order valence-corrected chi connectivity index (χ1v) is 6.14. The van der Waals surface area contributed by atoms with Crippen molar-refractivity contribution in [3.8, 4) is 0 Å². The standard InChI is InChI=1S/C11H11FINO4/c12-6-1-2-7(8(13)5-6)10(16)14-4-3-9(15)11(17)18/h1-2,5,9,15H,3-4H2,(H,14,16)(H,17,18). The van der Waals surface area contributed by atoms with Crippen LogP contribution in [0.4, 0.5) is 4.39 Å². The molecule has 0 aliphatic carbocycles. The molecule has 1 amide bonds. The number of aliphatic hydroxyl groups excluding tert-OH is 1. The molecule has 0 heterocycles. The van der Waals surface area contributed by atoms with E-state index in [2.05, 4.69) is 5.32 Å². The minimum absolute atomic E-state index is 0.0275. The van der Waals surface area contributed by atoms with E-state index in [0.717, 1.165) is 0 Å². The van der Waals surface area contributed by atoms with Gasteiger partial charge >= 0.3 is 5.97 Å². The van der Waals surface area contributed by atoms with Gasteiger partial charge in [0.25, 0.3) is 5.91 Å². The molecule has 1 aromatic rings. The van der Waals surface area contributed by atoms with E-state index in [4.69, 9.17) is 10.2 Å². The Bertz CT molecular complexity index is 466. The van der Waals surface area contributed by atoms with Gasteiger partial charge in [-0.15, -0.1) is 0 Å². The number of hydrogen-bond donors (Lipinski definition) is 3. The molecule has 0 aliphatic heterocycles. The average molecular weight is 367 g/mol. The molecule has 98 valence electrons. The summed E-state index contributed by atoms with van der Waals surface area (Å²) in [6.45, 7) is 0.0275. The van der Waals surface area contributed by atoms with Gasteiger partial charge in [0.15, 0.2) is 6.10 Å². The molecule has 1 aromatic carbocycles. The molecule has 0 aromatic heterocycles. The minimum atomic E-state index is -1.50. The van der Waals surface area contributed by atoms with Crippen LogP contribution in [0.15, 0.2) is 18.2 Å². The Morgan fingerprint density at radius 2 is 2.11 bits per heavy atom. The molecular formula is C11H11FINO4.